The van der Waals surface area contributed by atoms with Gasteiger partial charge in [-0.05, 0) is 18.1 Å². The maximum atomic E-state index is 12.7. The van der Waals surface area contributed by atoms with Gasteiger partial charge in [0.2, 0.25) is 5.91 Å². The Morgan fingerprint density at radius 3 is 2.62 bits per heavy atom. The Kier molecular flexibility index (Phi) is 5.71. The summed E-state index contributed by atoms with van der Waals surface area (Å²) in [6, 6.07) is 5.89. The molecule has 2 atom stereocenters. The molecule has 0 fully saturated rings. The van der Waals surface area contributed by atoms with Crippen LogP contribution in [0.1, 0.15) is 29.3 Å². The van der Waals surface area contributed by atoms with Crippen LogP contribution in [0.5, 0.6) is 0 Å². The molecule has 0 bridgehead atoms. The van der Waals surface area contributed by atoms with Crippen LogP contribution in [0.25, 0.3) is 0 Å². The van der Waals surface area contributed by atoms with E-state index in [4.69, 9.17) is 5.11 Å². The Balaban J connectivity index is 2.28. The summed E-state index contributed by atoms with van der Waals surface area (Å²) >= 11 is 3.04. The summed E-state index contributed by atoms with van der Waals surface area (Å²) in [5, 5.41) is 11.5. The summed E-state index contributed by atoms with van der Waals surface area (Å²) in [4.78, 5) is 47.7. The number of rotatable bonds is 6. The molecule has 2 amide bonds. The van der Waals surface area contributed by atoms with Crippen LogP contribution in [0, 0.1) is 0 Å². The second-order valence-corrected chi connectivity index (χ2v) is 6.40. The monoisotopic (exact) mass is 396 g/mol. The van der Waals surface area contributed by atoms with E-state index in [0.29, 0.717) is 12.0 Å². The Labute approximate surface area is 147 Å². The molecule has 0 aliphatic carbocycles. The summed E-state index contributed by atoms with van der Waals surface area (Å²) in [7, 11) is 0. The largest absolute Gasteiger partial charge is 0.481 e. The molecule has 0 saturated heterocycles. The molecule has 1 aliphatic heterocycles. The van der Waals surface area contributed by atoms with Crippen LogP contribution >= 0.6 is 15.9 Å². The standard InChI is InChI=1S/C16H17BrN2O5/c1-9(20)18-15(17)14(23)12(8-13(21)22)19-7-6-10-4-2-3-5-11(10)16(19)24/h2-5,12,15H,6-8H2,1H3,(H,18,20)(H,21,22). The lowest BCUT2D eigenvalue weighted by atomic mass is 9.95. The van der Waals surface area contributed by atoms with E-state index >= 15 is 0 Å². The smallest absolute Gasteiger partial charge is 0.305 e. The third-order valence-corrected chi connectivity index (χ3v) is 4.46. The topological polar surface area (TPSA) is 104 Å². The molecule has 2 rings (SSSR count). The van der Waals surface area contributed by atoms with E-state index in [0.717, 1.165) is 5.56 Å². The number of carboxylic acid groups (broad SMARTS) is 1. The normalized spacial score (nSPS) is 16.1. The number of fused-ring (bicyclic) bond motifs is 1. The van der Waals surface area contributed by atoms with Crippen molar-refractivity contribution in [3.8, 4) is 0 Å². The van der Waals surface area contributed by atoms with Crippen molar-refractivity contribution in [3.05, 3.63) is 35.4 Å². The van der Waals surface area contributed by atoms with Gasteiger partial charge in [-0.25, -0.2) is 0 Å². The SMILES string of the molecule is CC(=O)NC(Br)C(=O)C(CC(=O)O)N1CCc2ccccc2C1=O. The number of ketones is 1. The van der Waals surface area contributed by atoms with Crippen molar-refractivity contribution >= 4 is 39.5 Å². The highest BCUT2D eigenvalue weighted by atomic mass is 79.9. The molecule has 0 radical (unpaired) electrons. The Bertz CT molecular complexity index is 691. The zero-order valence-electron chi connectivity index (χ0n) is 13.0. The number of Topliss-reactive ketones (excluding diaryl/α,β-unsaturated/α-hetero) is 1. The van der Waals surface area contributed by atoms with Gasteiger partial charge in [0.15, 0.2) is 5.78 Å². The minimum Gasteiger partial charge on any atom is -0.481 e. The van der Waals surface area contributed by atoms with Crippen molar-refractivity contribution in [1.82, 2.24) is 10.2 Å². The molecule has 0 spiro atoms. The average Bonchev–Trinajstić information content (AvgIpc) is 2.52. The van der Waals surface area contributed by atoms with Crippen LogP contribution in [0.4, 0.5) is 0 Å². The van der Waals surface area contributed by atoms with Gasteiger partial charge in [-0.15, -0.1) is 0 Å². The highest BCUT2D eigenvalue weighted by Crippen LogP contribution is 2.23. The molecular weight excluding hydrogens is 380 g/mol. The van der Waals surface area contributed by atoms with Gasteiger partial charge >= 0.3 is 5.97 Å². The third-order valence-electron chi connectivity index (χ3n) is 3.78. The number of nitrogens with zero attached hydrogens (tertiary/aromatic N) is 1. The molecule has 1 aromatic rings. The second kappa shape index (κ2) is 7.57. The van der Waals surface area contributed by atoms with E-state index in [2.05, 4.69) is 21.2 Å². The van der Waals surface area contributed by atoms with Crippen molar-refractivity contribution < 1.29 is 24.3 Å². The number of carbonyl (C=O) groups excluding carboxylic acids is 3. The lowest BCUT2D eigenvalue weighted by molar-refractivity contribution is -0.141. The first kappa shape index (κ1) is 18.1. The zero-order valence-corrected chi connectivity index (χ0v) is 14.6. The van der Waals surface area contributed by atoms with Gasteiger partial charge < -0.3 is 15.3 Å². The minimum atomic E-state index is -1.19. The molecule has 1 aromatic carbocycles. The average molecular weight is 397 g/mol. The van der Waals surface area contributed by atoms with E-state index in [9.17, 15) is 19.2 Å². The second-order valence-electron chi connectivity index (χ2n) is 5.48. The van der Waals surface area contributed by atoms with E-state index < -0.39 is 35.1 Å². The Morgan fingerprint density at radius 2 is 2.00 bits per heavy atom. The first-order valence-electron chi connectivity index (χ1n) is 7.37. The number of aliphatic carboxylic acids is 1. The molecule has 24 heavy (non-hydrogen) atoms. The quantitative estimate of drug-likeness (QED) is 0.550. The maximum absolute atomic E-state index is 12.7. The maximum Gasteiger partial charge on any atom is 0.305 e. The molecule has 128 valence electrons. The number of nitrogens with one attached hydrogen (secondary N) is 1. The number of halogens is 1. The number of hydrogen-bond donors (Lipinski definition) is 2. The van der Waals surface area contributed by atoms with Crippen molar-refractivity contribution in [2.24, 2.45) is 0 Å². The number of hydrogen-bond acceptors (Lipinski definition) is 4. The number of amides is 2. The zero-order chi connectivity index (χ0) is 17.9. The van der Waals surface area contributed by atoms with Crippen LogP contribution < -0.4 is 5.32 Å². The van der Waals surface area contributed by atoms with Gasteiger partial charge in [-0.2, -0.15) is 0 Å². The van der Waals surface area contributed by atoms with Crippen molar-refractivity contribution in [2.45, 2.75) is 30.8 Å². The first-order chi connectivity index (χ1) is 11.3. The van der Waals surface area contributed by atoms with Crippen LogP contribution in [-0.2, 0) is 20.8 Å². The predicted molar refractivity (Wildman–Crippen MR) is 88.8 cm³/mol. The van der Waals surface area contributed by atoms with Gasteiger partial charge in [-0.3, -0.25) is 19.2 Å². The fraction of sp³-hybridized carbons (Fsp3) is 0.375. The molecule has 7 nitrogen and oxygen atoms in total. The van der Waals surface area contributed by atoms with Crippen LogP contribution in [0.15, 0.2) is 24.3 Å². The fourth-order valence-corrected chi connectivity index (χ4v) is 3.32. The third kappa shape index (κ3) is 4.00. The molecule has 0 saturated carbocycles. The predicted octanol–water partition coefficient (Wildman–Crippen LogP) is 0.954. The minimum absolute atomic E-state index is 0.249. The van der Waals surface area contributed by atoms with E-state index in [1.54, 1.807) is 12.1 Å². The number of benzene rings is 1. The summed E-state index contributed by atoms with van der Waals surface area (Å²) in [6.07, 6.45) is 0.0207. The van der Waals surface area contributed by atoms with Crippen LogP contribution in [0.2, 0.25) is 0 Å². The molecular formula is C16H17BrN2O5. The first-order valence-corrected chi connectivity index (χ1v) is 8.28. The van der Waals surface area contributed by atoms with Crippen molar-refractivity contribution in [2.75, 3.05) is 6.54 Å². The molecule has 8 heteroatoms. The van der Waals surface area contributed by atoms with E-state index in [-0.39, 0.29) is 12.5 Å². The summed E-state index contributed by atoms with van der Waals surface area (Å²) in [5.41, 5.74) is 1.34. The summed E-state index contributed by atoms with van der Waals surface area (Å²) < 4.78 is 0. The van der Waals surface area contributed by atoms with Gasteiger partial charge in [-0.1, -0.05) is 34.1 Å². The van der Waals surface area contributed by atoms with Gasteiger partial charge in [0.05, 0.1) is 6.42 Å². The number of carboxylic acids is 1. The summed E-state index contributed by atoms with van der Waals surface area (Å²) in [6.45, 7) is 1.50. The van der Waals surface area contributed by atoms with Gasteiger partial charge in [0, 0.05) is 19.0 Å². The fourth-order valence-electron chi connectivity index (χ4n) is 2.69. The molecule has 2 unspecified atom stereocenters. The van der Waals surface area contributed by atoms with Crippen molar-refractivity contribution in [3.63, 3.8) is 0 Å². The Hall–Kier alpha value is -2.22. The highest BCUT2D eigenvalue weighted by Gasteiger charge is 2.37. The summed E-state index contributed by atoms with van der Waals surface area (Å²) in [5.74, 6) is -2.57. The number of carbonyl (C=O) groups is 4. The Morgan fingerprint density at radius 1 is 1.33 bits per heavy atom. The van der Waals surface area contributed by atoms with E-state index in [1.165, 1.54) is 11.8 Å². The van der Waals surface area contributed by atoms with E-state index in [1.807, 2.05) is 12.1 Å². The lowest BCUT2D eigenvalue weighted by Crippen LogP contribution is -2.53. The highest BCUT2D eigenvalue weighted by molar-refractivity contribution is 9.10. The molecule has 1 heterocycles. The van der Waals surface area contributed by atoms with Gasteiger partial charge in [0.1, 0.15) is 11.0 Å². The van der Waals surface area contributed by atoms with Gasteiger partial charge in [0.25, 0.3) is 5.91 Å². The van der Waals surface area contributed by atoms with Crippen LogP contribution in [0.3, 0.4) is 0 Å². The number of alkyl halides is 1. The molecule has 1 aliphatic rings. The lowest BCUT2D eigenvalue weighted by Gasteiger charge is -2.34. The van der Waals surface area contributed by atoms with Crippen LogP contribution in [-0.4, -0.2) is 51.1 Å². The molecule has 2 N–H and O–H groups in total. The molecule has 0 aromatic heterocycles. The van der Waals surface area contributed by atoms with Crippen molar-refractivity contribution in [1.29, 1.82) is 0 Å².